The molecule has 0 bridgehead atoms. The zero-order valence-electron chi connectivity index (χ0n) is 10.5. The summed E-state index contributed by atoms with van der Waals surface area (Å²) in [4.78, 5) is 5.77. The molecule has 0 amide bonds. The molecule has 1 aliphatic heterocycles. The Kier molecular flexibility index (Phi) is 4.19. The number of carbonyl (C=O) groups excluding carboxylic acids is 1. The highest BCUT2D eigenvalue weighted by Crippen LogP contribution is 2.67. The summed E-state index contributed by atoms with van der Waals surface area (Å²) < 4.78 is 192. The van der Waals surface area contributed by atoms with Gasteiger partial charge in [-0.2, -0.15) is 61.5 Å². The molecule has 0 N–H and O–H groups in total. The van der Waals surface area contributed by atoms with Crippen LogP contribution in [-0.2, 0) is 4.79 Å². The van der Waals surface area contributed by atoms with Crippen molar-refractivity contribution in [2.24, 2.45) is 0 Å². The lowest BCUT2D eigenvalue weighted by Crippen LogP contribution is -2.72. The Balaban J connectivity index is 3.86. The summed E-state index contributed by atoms with van der Waals surface area (Å²) >= 11 is 0. The summed E-state index contributed by atoms with van der Waals surface area (Å²) in [6.07, 6.45) is -7.58. The molecule has 1 aliphatic rings. The molecule has 0 aromatic rings. The molecule has 0 radical (unpaired) electrons. The highest BCUT2D eigenvalue weighted by atomic mass is 19.4. The third-order valence-electron chi connectivity index (χ3n) is 3.07. The molecule has 0 aliphatic carbocycles. The molecule has 148 valence electrons. The number of halogens is 15. The first-order valence-corrected chi connectivity index (χ1v) is 5.21. The molecule has 2 nitrogen and oxygen atoms in total. The van der Waals surface area contributed by atoms with E-state index in [2.05, 4.69) is 0 Å². The molecule has 0 spiro atoms. The first-order chi connectivity index (χ1) is 10.6. The number of nitrogens with zero attached hydrogens (tertiary/aromatic N) is 1. The SMILES string of the molecule is O=C(F)C(F)(C(F)(F)F)C(F)(F)N1C(F)(F)C(F)(F)C(F)(F)C1(F)F. The summed E-state index contributed by atoms with van der Waals surface area (Å²) in [7, 11) is 0. The van der Waals surface area contributed by atoms with E-state index in [1.165, 1.54) is 0 Å². The minimum atomic E-state index is -7.92. The van der Waals surface area contributed by atoms with E-state index in [1.54, 1.807) is 0 Å². The van der Waals surface area contributed by atoms with E-state index < -0.39 is 52.8 Å². The number of hydrogen-bond acceptors (Lipinski definition) is 2. The van der Waals surface area contributed by atoms with Crippen LogP contribution in [0.5, 0.6) is 0 Å². The van der Waals surface area contributed by atoms with Crippen LogP contribution >= 0.6 is 0 Å². The van der Waals surface area contributed by atoms with E-state index in [4.69, 9.17) is 0 Å². The van der Waals surface area contributed by atoms with Crippen LogP contribution in [0.2, 0.25) is 0 Å². The molecule has 0 saturated carbocycles. The van der Waals surface area contributed by atoms with Gasteiger partial charge in [-0.3, -0.25) is 4.79 Å². The molecule has 1 saturated heterocycles. The lowest BCUT2D eigenvalue weighted by atomic mass is 10.0. The normalized spacial score (nSPS) is 27.8. The van der Waals surface area contributed by atoms with Crippen molar-refractivity contribution in [1.82, 2.24) is 4.90 Å². The van der Waals surface area contributed by atoms with Gasteiger partial charge in [-0.1, -0.05) is 0 Å². The molecule has 25 heavy (non-hydrogen) atoms. The van der Waals surface area contributed by atoms with Gasteiger partial charge in [-0.05, 0) is 0 Å². The zero-order valence-corrected chi connectivity index (χ0v) is 10.5. The fourth-order valence-corrected chi connectivity index (χ4v) is 1.74. The van der Waals surface area contributed by atoms with Crippen molar-refractivity contribution in [3.63, 3.8) is 0 Å². The van der Waals surface area contributed by atoms with Crippen LogP contribution in [0.1, 0.15) is 0 Å². The van der Waals surface area contributed by atoms with Crippen molar-refractivity contribution in [1.29, 1.82) is 0 Å². The topological polar surface area (TPSA) is 20.3 Å². The van der Waals surface area contributed by atoms with E-state index in [0.717, 1.165) is 0 Å². The lowest BCUT2D eigenvalue weighted by molar-refractivity contribution is -0.414. The third-order valence-corrected chi connectivity index (χ3v) is 3.07. The molecule has 1 atom stereocenters. The lowest BCUT2D eigenvalue weighted by Gasteiger charge is -2.40. The van der Waals surface area contributed by atoms with Crippen molar-refractivity contribution in [3.05, 3.63) is 0 Å². The van der Waals surface area contributed by atoms with Gasteiger partial charge in [0, 0.05) is 0 Å². The number of alkyl halides is 14. The molecule has 0 aromatic carbocycles. The van der Waals surface area contributed by atoms with Gasteiger partial charge in [0.2, 0.25) is 0 Å². The molecule has 1 fully saturated rings. The molecule has 1 unspecified atom stereocenters. The third kappa shape index (κ3) is 2.09. The predicted octanol–water partition coefficient (Wildman–Crippen LogP) is 4.12. The number of carbonyl (C=O) groups is 1. The number of hydrogen-bond donors (Lipinski definition) is 0. The smallest absolute Gasteiger partial charge is 0.257 e. The standard InChI is InChI=1S/C8F15NO/c9-1(25)2(10,5(15,16)17)6(18,19)24-7(20,21)3(11,12)4(13,14)8(24,22)23. The molecule has 1 heterocycles. The van der Waals surface area contributed by atoms with Crippen LogP contribution in [-0.4, -0.2) is 52.8 Å². The number of likely N-dealkylation sites (tertiary alicyclic amines) is 1. The maximum absolute atomic E-state index is 13.3. The second-order valence-electron chi connectivity index (χ2n) is 4.54. The zero-order chi connectivity index (χ0) is 20.7. The molecular weight excluding hydrogens is 411 g/mol. The van der Waals surface area contributed by atoms with Gasteiger partial charge in [-0.25, -0.2) is 4.39 Å². The average molecular weight is 411 g/mol. The van der Waals surface area contributed by atoms with Crippen molar-refractivity contribution < 1.29 is 70.7 Å². The van der Waals surface area contributed by atoms with Gasteiger partial charge in [0.15, 0.2) is 0 Å². The summed E-state index contributed by atoms with van der Waals surface area (Å²) in [5.41, 5.74) is -7.59. The molecule has 1 rings (SSSR count). The minimum Gasteiger partial charge on any atom is -0.257 e. The van der Waals surface area contributed by atoms with Crippen LogP contribution in [0, 0.1) is 0 Å². The van der Waals surface area contributed by atoms with Crippen LogP contribution in [0.25, 0.3) is 0 Å². The Hall–Kier alpha value is -1.42. The van der Waals surface area contributed by atoms with Crippen LogP contribution in [0.3, 0.4) is 0 Å². The Morgan fingerprint density at radius 2 is 0.960 bits per heavy atom. The highest BCUT2D eigenvalue weighted by Gasteiger charge is 2.99. The summed E-state index contributed by atoms with van der Waals surface area (Å²) in [6, 6.07) is -27.9. The van der Waals surface area contributed by atoms with Gasteiger partial charge in [-0.15, -0.1) is 4.90 Å². The first-order valence-electron chi connectivity index (χ1n) is 5.21. The predicted molar refractivity (Wildman–Crippen MR) is 42.6 cm³/mol. The van der Waals surface area contributed by atoms with Crippen molar-refractivity contribution in [2.45, 2.75) is 41.8 Å². The molecular formula is C8F15NO. The Morgan fingerprint density at radius 3 is 1.16 bits per heavy atom. The Morgan fingerprint density at radius 1 is 0.680 bits per heavy atom. The fourth-order valence-electron chi connectivity index (χ4n) is 1.74. The molecule has 0 aromatic heterocycles. The maximum atomic E-state index is 13.3. The number of rotatable bonds is 3. The largest absolute Gasteiger partial charge is 0.440 e. The molecule has 17 heteroatoms. The van der Waals surface area contributed by atoms with Crippen molar-refractivity contribution in [3.8, 4) is 0 Å². The Labute approximate surface area is 125 Å². The van der Waals surface area contributed by atoms with Gasteiger partial charge in [0.1, 0.15) is 0 Å². The van der Waals surface area contributed by atoms with Gasteiger partial charge < -0.3 is 0 Å². The fraction of sp³-hybridized carbons (Fsp3) is 0.875. The van der Waals surface area contributed by atoms with Crippen LogP contribution in [0.15, 0.2) is 0 Å². The van der Waals surface area contributed by atoms with Gasteiger partial charge in [0.25, 0.3) is 0 Å². The van der Waals surface area contributed by atoms with Crippen LogP contribution in [0.4, 0.5) is 65.9 Å². The van der Waals surface area contributed by atoms with Crippen molar-refractivity contribution >= 4 is 6.04 Å². The maximum Gasteiger partial charge on any atom is 0.440 e. The monoisotopic (exact) mass is 411 g/mol. The summed E-state index contributed by atoms with van der Waals surface area (Å²) in [5, 5.41) is 0. The van der Waals surface area contributed by atoms with Crippen molar-refractivity contribution in [2.75, 3.05) is 0 Å². The Bertz CT molecular complexity index is 553. The van der Waals surface area contributed by atoms with E-state index in [1.807, 2.05) is 0 Å². The van der Waals surface area contributed by atoms with Gasteiger partial charge >= 0.3 is 47.9 Å². The second kappa shape index (κ2) is 4.85. The van der Waals surface area contributed by atoms with E-state index >= 15 is 0 Å². The van der Waals surface area contributed by atoms with Crippen LogP contribution < -0.4 is 0 Å². The summed E-state index contributed by atoms with van der Waals surface area (Å²) in [6.45, 7) is 0. The second-order valence-corrected chi connectivity index (χ2v) is 4.54. The minimum absolute atomic E-state index is 4.15. The van der Waals surface area contributed by atoms with Gasteiger partial charge in [0.05, 0.1) is 0 Å². The van der Waals surface area contributed by atoms with E-state index in [9.17, 15) is 70.7 Å². The highest BCUT2D eigenvalue weighted by molar-refractivity contribution is 5.81. The van der Waals surface area contributed by atoms with E-state index in [0.29, 0.717) is 0 Å². The van der Waals surface area contributed by atoms with E-state index in [-0.39, 0.29) is 0 Å². The quantitative estimate of drug-likeness (QED) is 0.396. The summed E-state index contributed by atoms with van der Waals surface area (Å²) in [5.74, 6) is -14.9. The first kappa shape index (κ1) is 21.6. The average Bonchev–Trinajstić information content (AvgIpc) is 2.40.